The quantitative estimate of drug-likeness (QED) is 0.610. The van der Waals surface area contributed by atoms with Gasteiger partial charge in [-0.3, -0.25) is 5.10 Å². The maximum Gasteiger partial charge on any atom is 0.160 e. The summed E-state index contributed by atoms with van der Waals surface area (Å²) in [7, 11) is 0. The van der Waals surface area contributed by atoms with Crippen LogP contribution >= 0.6 is 0 Å². The summed E-state index contributed by atoms with van der Waals surface area (Å²) < 4.78 is 0. The van der Waals surface area contributed by atoms with Gasteiger partial charge in [0.15, 0.2) is 5.65 Å². The molecule has 1 N–H and O–H groups in total. The van der Waals surface area contributed by atoms with Crippen LogP contribution in [0, 0.1) is 0 Å². The highest BCUT2D eigenvalue weighted by atomic mass is 15.3. The first-order valence-corrected chi connectivity index (χ1v) is 8.30. The summed E-state index contributed by atoms with van der Waals surface area (Å²) >= 11 is 0. The molecule has 118 valence electrons. The lowest BCUT2D eigenvalue weighted by atomic mass is 9.97. The molecule has 5 nitrogen and oxygen atoms in total. The van der Waals surface area contributed by atoms with E-state index in [0.29, 0.717) is 6.04 Å². The molecule has 0 bridgehead atoms. The van der Waals surface area contributed by atoms with Gasteiger partial charge in [0.1, 0.15) is 12.1 Å². The summed E-state index contributed by atoms with van der Waals surface area (Å²) in [6, 6.07) is 15.5. The summed E-state index contributed by atoms with van der Waals surface area (Å²) in [5.74, 6) is 0.976. The lowest BCUT2D eigenvalue weighted by Crippen LogP contribution is -2.24. The van der Waals surface area contributed by atoms with Gasteiger partial charge in [-0.25, -0.2) is 9.97 Å². The molecule has 0 aliphatic carbocycles. The molecule has 1 unspecified atom stereocenters. The third-order valence-electron chi connectivity index (χ3n) is 4.93. The van der Waals surface area contributed by atoms with Gasteiger partial charge < -0.3 is 4.90 Å². The number of rotatable bonds is 2. The molecule has 1 fully saturated rings. The zero-order chi connectivity index (χ0) is 15.9. The van der Waals surface area contributed by atoms with Gasteiger partial charge in [-0.05, 0) is 29.2 Å². The Kier molecular flexibility index (Phi) is 2.98. The molecule has 0 spiro atoms. The van der Waals surface area contributed by atoms with Crippen molar-refractivity contribution in [3.05, 3.63) is 60.6 Å². The van der Waals surface area contributed by atoms with Crippen molar-refractivity contribution in [2.24, 2.45) is 0 Å². The fraction of sp³-hybridized carbons (Fsp3) is 0.211. The highest BCUT2D eigenvalue weighted by molar-refractivity contribution is 5.89. The first-order chi connectivity index (χ1) is 11.9. The van der Waals surface area contributed by atoms with E-state index in [1.54, 1.807) is 6.33 Å². The molecule has 1 atom stereocenters. The lowest BCUT2D eigenvalue weighted by molar-refractivity contribution is 0.719. The lowest BCUT2D eigenvalue weighted by Gasteiger charge is -2.27. The average molecular weight is 315 g/mol. The number of nitrogens with zero attached hydrogens (tertiary/aromatic N) is 4. The maximum atomic E-state index is 4.57. The molecule has 0 saturated carbocycles. The van der Waals surface area contributed by atoms with Gasteiger partial charge in [0, 0.05) is 6.54 Å². The largest absolute Gasteiger partial charge is 0.349 e. The number of hydrogen-bond donors (Lipinski definition) is 1. The first-order valence-electron chi connectivity index (χ1n) is 8.30. The Morgan fingerprint density at radius 1 is 1.00 bits per heavy atom. The zero-order valence-electron chi connectivity index (χ0n) is 13.2. The summed E-state index contributed by atoms with van der Waals surface area (Å²) in [6.45, 7) is 1.01. The van der Waals surface area contributed by atoms with Crippen LogP contribution in [0.3, 0.4) is 0 Å². The number of hydrogen-bond acceptors (Lipinski definition) is 4. The zero-order valence-corrected chi connectivity index (χ0v) is 13.2. The van der Waals surface area contributed by atoms with Crippen molar-refractivity contribution in [3.8, 4) is 0 Å². The standard InChI is InChI=1S/C19H17N5/c1-2-7-14-13(5-1)6-3-8-15(14)17-9-4-10-24(17)19-16-11-22-23-18(16)20-12-21-19/h1-3,5-8,11-12,17H,4,9-10H2,(H,20,21,22,23). The predicted octanol–water partition coefficient (Wildman–Crippen LogP) is 3.85. The van der Waals surface area contributed by atoms with Crippen LogP contribution in [0.5, 0.6) is 0 Å². The Balaban J connectivity index is 1.66. The molecule has 5 heteroatoms. The second-order valence-electron chi connectivity index (χ2n) is 6.25. The summed E-state index contributed by atoms with van der Waals surface area (Å²) in [6.07, 6.45) is 5.74. The van der Waals surface area contributed by atoms with E-state index in [9.17, 15) is 0 Å². The number of H-pyrrole nitrogens is 1. The van der Waals surface area contributed by atoms with E-state index in [-0.39, 0.29) is 0 Å². The fourth-order valence-corrected chi connectivity index (χ4v) is 3.87. The second-order valence-corrected chi connectivity index (χ2v) is 6.25. The van der Waals surface area contributed by atoms with Crippen molar-refractivity contribution in [2.45, 2.75) is 18.9 Å². The van der Waals surface area contributed by atoms with E-state index < -0.39 is 0 Å². The van der Waals surface area contributed by atoms with Crippen molar-refractivity contribution in [3.63, 3.8) is 0 Å². The topological polar surface area (TPSA) is 57.7 Å². The van der Waals surface area contributed by atoms with E-state index in [1.807, 2.05) is 6.20 Å². The van der Waals surface area contributed by atoms with Crippen molar-refractivity contribution >= 4 is 27.6 Å². The van der Waals surface area contributed by atoms with Crippen LogP contribution in [0.25, 0.3) is 21.8 Å². The van der Waals surface area contributed by atoms with Crippen LogP contribution in [0.1, 0.15) is 24.4 Å². The number of fused-ring (bicyclic) bond motifs is 2. The number of benzene rings is 2. The third kappa shape index (κ3) is 1.98. The van der Waals surface area contributed by atoms with Crippen molar-refractivity contribution in [2.75, 3.05) is 11.4 Å². The van der Waals surface area contributed by atoms with Crippen LogP contribution in [0.4, 0.5) is 5.82 Å². The smallest absolute Gasteiger partial charge is 0.160 e. The van der Waals surface area contributed by atoms with Gasteiger partial charge in [0.05, 0.1) is 17.6 Å². The molecule has 0 radical (unpaired) electrons. The molecule has 5 rings (SSSR count). The van der Waals surface area contributed by atoms with Gasteiger partial charge in [0.25, 0.3) is 0 Å². The van der Waals surface area contributed by atoms with E-state index >= 15 is 0 Å². The average Bonchev–Trinajstić information content (AvgIpc) is 3.30. The molecule has 1 aliphatic heterocycles. The molecule has 2 aromatic heterocycles. The highest BCUT2D eigenvalue weighted by Crippen LogP contribution is 2.39. The molecule has 1 saturated heterocycles. The van der Waals surface area contributed by atoms with Gasteiger partial charge in [-0.1, -0.05) is 42.5 Å². The second kappa shape index (κ2) is 5.30. The van der Waals surface area contributed by atoms with E-state index in [4.69, 9.17) is 0 Å². The van der Waals surface area contributed by atoms with Crippen LogP contribution in [-0.4, -0.2) is 26.7 Å². The van der Waals surface area contributed by atoms with Crippen molar-refractivity contribution in [1.29, 1.82) is 0 Å². The van der Waals surface area contributed by atoms with Crippen molar-refractivity contribution in [1.82, 2.24) is 20.2 Å². The maximum absolute atomic E-state index is 4.57. The molecule has 3 heterocycles. The Labute approximate surface area is 139 Å². The van der Waals surface area contributed by atoms with E-state index in [0.717, 1.165) is 36.2 Å². The highest BCUT2D eigenvalue weighted by Gasteiger charge is 2.29. The minimum Gasteiger partial charge on any atom is -0.349 e. The van der Waals surface area contributed by atoms with Crippen LogP contribution < -0.4 is 4.90 Å². The summed E-state index contributed by atoms with van der Waals surface area (Å²) in [5.41, 5.74) is 2.17. The molecule has 0 amide bonds. The number of aromatic nitrogens is 4. The normalized spacial score (nSPS) is 17.8. The molecular weight excluding hydrogens is 298 g/mol. The Morgan fingerprint density at radius 3 is 2.92 bits per heavy atom. The summed E-state index contributed by atoms with van der Waals surface area (Å²) in [4.78, 5) is 11.2. The number of nitrogens with one attached hydrogen (secondary N) is 1. The van der Waals surface area contributed by atoms with Crippen LogP contribution in [0.15, 0.2) is 55.0 Å². The molecule has 24 heavy (non-hydrogen) atoms. The van der Waals surface area contributed by atoms with Crippen LogP contribution in [-0.2, 0) is 0 Å². The van der Waals surface area contributed by atoms with Gasteiger partial charge in [0.2, 0.25) is 0 Å². The third-order valence-corrected chi connectivity index (χ3v) is 4.93. The molecule has 2 aromatic carbocycles. The number of aromatic amines is 1. The minimum atomic E-state index is 0.337. The van der Waals surface area contributed by atoms with Gasteiger partial charge in [-0.2, -0.15) is 5.10 Å². The number of anilines is 1. The monoisotopic (exact) mass is 315 g/mol. The molecule has 1 aliphatic rings. The van der Waals surface area contributed by atoms with Crippen molar-refractivity contribution < 1.29 is 0 Å². The molecule has 4 aromatic rings. The Hall–Kier alpha value is -2.95. The van der Waals surface area contributed by atoms with Gasteiger partial charge in [-0.15, -0.1) is 0 Å². The predicted molar refractivity (Wildman–Crippen MR) is 95.0 cm³/mol. The van der Waals surface area contributed by atoms with E-state index in [2.05, 4.69) is 67.5 Å². The van der Waals surface area contributed by atoms with Gasteiger partial charge >= 0.3 is 0 Å². The Morgan fingerprint density at radius 2 is 1.92 bits per heavy atom. The first kappa shape index (κ1) is 13.5. The SMILES string of the molecule is c1ccc2c(C3CCCN3c3ncnc4[nH]ncc34)cccc2c1. The minimum absolute atomic E-state index is 0.337. The Bertz CT molecular complexity index is 1020. The van der Waals surface area contributed by atoms with E-state index in [1.165, 1.54) is 16.3 Å². The van der Waals surface area contributed by atoms with Crippen LogP contribution in [0.2, 0.25) is 0 Å². The fourth-order valence-electron chi connectivity index (χ4n) is 3.87. The summed E-state index contributed by atoms with van der Waals surface area (Å²) in [5, 5.41) is 10.7. The molecular formula is C19H17N5.